The molecule has 84 valence electrons. The average molecular weight is 220 g/mol. The Bertz CT molecular complexity index is 431. The third kappa shape index (κ3) is 2.03. The Morgan fingerprint density at radius 1 is 1.56 bits per heavy atom. The van der Waals surface area contributed by atoms with E-state index in [9.17, 15) is 9.59 Å². The maximum atomic E-state index is 11.4. The number of amides is 1. The lowest BCUT2D eigenvalue weighted by Gasteiger charge is -2.16. The molecular formula is C11H12N2O3. The van der Waals surface area contributed by atoms with Crippen molar-refractivity contribution in [1.82, 2.24) is 9.88 Å². The summed E-state index contributed by atoms with van der Waals surface area (Å²) < 4.78 is 0. The lowest BCUT2D eigenvalue weighted by Crippen LogP contribution is -2.25. The first-order chi connectivity index (χ1) is 7.68. The lowest BCUT2D eigenvalue weighted by atomic mass is 10.1. The van der Waals surface area contributed by atoms with Crippen LogP contribution in [0.3, 0.4) is 0 Å². The lowest BCUT2D eigenvalue weighted by molar-refractivity contribution is -0.128. The van der Waals surface area contributed by atoms with Crippen LogP contribution in [0.4, 0.5) is 0 Å². The van der Waals surface area contributed by atoms with Gasteiger partial charge in [0.05, 0.1) is 5.56 Å². The summed E-state index contributed by atoms with van der Waals surface area (Å²) in [7, 11) is 0. The minimum Gasteiger partial charge on any atom is -0.478 e. The molecule has 0 unspecified atom stereocenters. The molecule has 0 saturated carbocycles. The van der Waals surface area contributed by atoms with Crippen molar-refractivity contribution in [2.24, 2.45) is 0 Å². The number of carboxylic acids is 1. The second-order valence-electron chi connectivity index (χ2n) is 3.76. The predicted octanol–water partition coefficient (Wildman–Crippen LogP) is 0.902. The number of nitrogens with zero attached hydrogens (tertiary/aromatic N) is 2. The topological polar surface area (TPSA) is 70.5 Å². The van der Waals surface area contributed by atoms with Crippen LogP contribution in [0.15, 0.2) is 18.5 Å². The number of hydrogen-bond donors (Lipinski definition) is 1. The number of carboxylic acid groups (broad SMARTS) is 1. The number of rotatable bonds is 3. The second kappa shape index (κ2) is 4.30. The maximum Gasteiger partial charge on any atom is 0.337 e. The summed E-state index contributed by atoms with van der Waals surface area (Å²) in [5.41, 5.74) is 0.806. The minimum atomic E-state index is -1.00. The summed E-state index contributed by atoms with van der Waals surface area (Å²) in [4.78, 5) is 27.8. The van der Waals surface area contributed by atoms with Gasteiger partial charge in [-0.25, -0.2) is 4.79 Å². The Balaban J connectivity index is 2.20. The van der Waals surface area contributed by atoms with E-state index in [4.69, 9.17) is 5.11 Å². The quantitative estimate of drug-likeness (QED) is 0.821. The number of hydrogen-bond acceptors (Lipinski definition) is 3. The van der Waals surface area contributed by atoms with Gasteiger partial charge in [0.15, 0.2) is 0 Å². The zero-order chi connectivity index (χ0) is 11.5. The van der Waals surface area contributed by atoms with Gasteiger partial charge in [0.1, 0.15) is 0 Å². The van der Waals surface area contributed by atoms with Gasteiger partial charge < -0.3 is 10.0 Å². The summed E-state index contributed by atoms with van der Waals surface area (Å²) in [5, 5.41) is 8.96. The third-order valence-electron chi connectivity index (χ3n) is 2.67. The van der Waals surface area contributed by atoms with Gasteiger partial charge in [-0.05, 0) is 18.1 Å². The van der Waals surface area contributed by atoms with Gasteiger partial charge in [0, 0.05) is 31.9 Å². The molecule has 0 bridgehead atoms. The van der Waals surface area contributed by atoms with Gasteiger partial charge in [0.25, 0.3) is 0 Å². The van der Waals surface area contributed by atoms with E-state index in [1.807, 2.05) is 0 Å². The first-order valence-corrected chi connectivity index (χ1v) is 5.12. The molecule has 16 heavy (non-hydrogen) atoms. The zero-order valence-corrected chi connectivity index (χ0v) is 8.72. The van der Waals surface area contributed by atoms with E-state index in [2.05, 4.69) is 4.98 Å². The summed E-state index contributed by atoms with van der Waals surface area (Å²) in [5.74, 6) is -0.914. The molecule has 0 radical (unpaired) electrons. The Morgan fingerprint density at radius 2 is 2.38 bits per heavy atom. The molecule has 2 heterocycles. The molecule has 1 aliphatic rings. The number of pyridine rings is 1. The van der Waals surface area contributed by atoms with E-state index in [1.165, 1.54) is 6.20 Å². The molecule has 5 nitrogen and oxygen atoms in total. The summed E-state index contributed by atoms with van der Waals surface area (Å²) >= 11 is 0. The molecule has 1 amide bonds. The largest absolute Gasteiger partial charge is 0.478 e. The normalized spacial score (nSPS) is 15.5. The predicted molar refractivity (Wildman–Crippen MR) is 55.8 cm³/mol. The van der Waals surface area contributed by atoms with Gasteiger partial charge in [-0.2, -0.15) is 0 Å². The van der Waals surface area contributed by atoms with Gasteiger partial charge >= 0.3 is 5.97 Å². The van der Waals surface area contributed by atoms with Crippen molar-refractivity contribution in [1.29, 1.82) is 0 Å². The van der Waals surface area contributed by atoms with E-state index < -0.39 is 5.97 Å². The Hall–Kier alpha value is -1.91. The highest BCUT2D eigenvalue weighted by molar-refractivity contribution is 5.89. The fourth-order valence-corrected chi connectivity index (χ4v) is 1.83. The first kappa shape index (κ1) is 10.6. The minimum absolute atomic E-state index is 0.0909. The summed E-state index contributed by atoms with van der Waals surface area (Å²) in [6.07, 6.45) is 4.28. The summed E-state index contributed by atoms with van der Waals surface area (Å²) in [6, 6.07) is 1.65. The highest BCUT2D eigenvalue weighted by atomic mass is 16.4. The van der Waals surface area contributed by atoms with Crippen molar-refractivity contribution < 1.29 is 14.7 Å². The Kier molecular flexibility index (Phi) is 2.85. The van der Waals surface area contributed by atoms with Gasteiger partial charge in [0.2, 0.25) is 5.91 Å². The molecule has 0 aromatic carbocycles. The van der Waals surface area contributed by atoms with Crippen LogP contribution in [0.1, 0.15) is 28.8 Å². The van der Waals surface area contributed by atoms with E-state index >= 15 is 0 Å². The molecule has 1 aromatic heterocycles. The first-order valence-electron chi connectivity index (χ1n) is 5.12. The number of aromatic nitrogens is 1. The average Bonchev–Trinajstić information content (AvgIpc) is 2.65. The molecule has 0 atom stereocenters. The zero-order valence-electron chi connectivity index (χ0n) is 8.72. The Labute approximate surface area is 92.7 Å². The monoisotopic (exact) mass is 220 g/mol. The molecule has 1 aromatic rings. The molecule has 5 heteroatoms. The highest BCUT2D eigenvalue weighted by Gasteiger charge is 2.22. The molecule has 0 spiro atoms. The second-order valence-corrected chi connectivity index (χ2v) is 3.76. The van der Waals surface area contributed by atoms with E-state index in [-0.39, 0.29) is 11.5 Å². The smallest absolute Gasteiger partial charge is 0.337 e. The Morgan fingerprint density at radius 3 is 3.00 bits per heavy atom. The van der Waals surface area contributed by atoms with Crippen molar-refractivity contribution >= 4 is 11.9 Å². The third-order valence-corrected chi connectivity index (χ3v) is 2.67. The van der Waals surface area contributed by atoms with E-state index in [0.29, 0.717) is 25.1 Å². The van der Waals surface area contributed by atoms with Crippen molar-refractivity contribution in [3.63, 3.8) is 0 Å². The number of carbonyl (C=O) groups is 2. The van der Waals surface area contributed by atoms with Crippen LogP contribution in [0.5, 0.6) is 0 Å². The molecule has 1 N–H and O–H groups in total. The highest BCUT2D eigenvalue weighted by Crippen LogP contribution is 2.16. The fourth-order valence-electron chi connectivity index (χ4n) is 1.83. The van der Waals surface area contributed by atoms with Crippen LogP contribution in [0.2, 0.25) is 0 Å². The summed E-state index contributed by atoms with van der Waals surface area (Å²) in [6.45, 7) is 1.07. The van der Waals surface area contributed by atoms with Crippen LogP contribution in [-0.4, -0.2) is 33.4 Å². The van der Waals surface area contributed by atoms with Crippen molar-refractivity contribution in [3.05, 3.63) is 29.6 Å². The van der Waals surface area contributed by atoms with Gasteiger partial charge in [-0.1, -0.05) is 0 Å². The van der Waals surface area contributed by atoms with Crippen molar-refractivity contribution in [2.75, 3.05) is 6.54 Å². The molecule has 1 saturated heterocycles. The SMILES string of the molecule is O=C(O)c1cnccc1CN1CCCC1=O. The maximum absolute atomic E-state index is 11.4. The fraction of sp³-hybridized carbons (Fsp3) is 0.364. The molecule has 1 aliphatic heterocycles. The van der Waals surface area contributed by atoms with Gasteiger partial charge in [-0.3, -0.25) is 9.78 Å². The van der Waals surface area contributed by atoms with Crippen molar-refractivity contribution in [2.45, 2.75) is 19.4 Å². The molecule has 1 fully saturated rings. The van der Waals surface area contributed by atoms with E-state index in [1.54, 1.807) is 17.2 Å². The molecule has 2 rings (SSSR count). The number of carbonyl (C=O) groups excluding carboxylic acids is 1. The van der Waals surface area contributed by atoms with Crippen LogP contribution in [0.25, 0.3) is 0 Å². The molecule has 0 aliphatic carbocycles. The van der Waals surface area contributed by atoms with Gasteiger partial charge in [-0.15, -0.1) is 0 Å². The number of likely N-dealkylation sites (tertiary alicyclic amines) is 1. The van der Waals surface area contributed by atoms with Crippen LogP contribution in [-0.2, 0) is 11.3 Å². The van der Waals surface area contributed by atoms with E-state index in [0.717, 1.165) is 6.42 Å². The number of aromatic carboxylic acids is 1. The van der Waals surface area contributed by atoms with Crippen LogP contribution < -0.4 is 0 Å². The van der Waals surface area contributed by atoms with Crippen LogP contribution in [0, 0.1) is 0 Å². The standard InChI is InChI=1S/C11H12N2O3/c14-10-2-1-5-13(10)7-8-3-4-12-6-9(8)11(15)16/h3-4,6H,1-2,5,7H2,(H,15,16). The van der Waals surface area contributed by atoms with Crippen molar-refractivity contribution in [3.8, 4) is 0 Å². The molecular weight excluding hydrogens is 208 g/mol. The van der Waals surface area contributed by atoms with Crippen LogP contribution >= 0.6 is 0 Å².